The van der Waals surface area contributed by atoms with E-state index in [1.54, 1.807) is 10.6 Å². The van der Waals surface area contributed by atoms with Crippen LogP contribution in [0.15, 0.2) is 36.7 Å². The van der Waals surface area contributed by atoms with Crippen molar-refractivity contribution >= 4 is 5.65 Å². The van der Waals surface area contributed by atoms with E-state index in [1.165, 1.54) is 0 Å². The first kappa shape index (κ1) is 21.1. The molecule has 1 saturated heterocycles. The van der Waals surface area contributed by atoms with Crippen molar-refractivity contribution in [1.82, 2.24) is 34.7 Å². The van der Waals surface area contributed by atoms with Gasteiger partial charge in [0.15, 0.2) is 0 Å². The molecule has 33 heavy (non-hydrogen) atoms. The summed E-state index contributed by atoms with van der Waals surface area (Å²) in [6.07, 6.45) is 5.12. The predicted octanol–water partition coefficient (Wildman–Crippen LogP) is 3.54. The number of imidazole rings is 1. The Labute approximate surface area is 192 Å². The summed E-state index contributed by atoms with van der Waals surface area (Å²) in [5, 5.41) is 22.0. The minimum absolute atomic E-state index is 0.315. The van der Waals surface area contributed by atoms with Gasteiger partial charge in [-0.3, -0.25) is 9.38 Å². The van der Waals surface area contributed by atoms with Gasteiger partial charge in [0.25, 0.3) is 0 Å². The molecule has 4 aromatic heterocycles. The molecule has 168 valence electrons. The fourth-order valence-corrected chi connectivity index (χ4v) is 4.35. The van der Waals surface area contributed by atoms with Crippen LogP contribution in [0.1, 0.15) is 54.6 Å². The van der Waals surface area contributed by atoms with E-state index < -0.39 is 0 Å². The average molecular weight is 443 g/mol. The molecule has 4 aromatic rings. The number of aromatic nitrogens is 6. The summed E-state index contributed by atoms with van der Waals surface area (Å²) in [6.45, 7) is 7.96. The number of rotatable bonds is 5. The molecule has 0 bridgehead atoms. The molecule has 1 aliphatic rings. The summed E-state index contributed by atoms with van der Waals surface area (Å²) in [6, 6.07) is 10.3. The smallest absolute Gasteiger partial charge is 0.201 e. The summed E-state index contributed by atoms with van der Waals surface area (Å²) in [7, 11) is 0. The molecule has 5 heterocycles. The maximum Gasteiger partial charge on any atom is 0.201 e. The summed E-state index contributed by atoms with van der Waals surface area (Å²) in [5.74, 6) is 0.516. The van der Waals surface area contributed by atoms with Crippen LogP contribution in [-0.2, 0) is 0 Å². The minimum atomic E-state index is -0.315. The largest absolute Gasteiger partial charge is 0.469 e. The molecule has 0 aromatic carbocycles. The summed E-state index contributed by atoms with van der Waals surface area (Å²) in [4.78, 5) is 8.92. The third kappa shape index (κ3) is 3.94. The molecule has 5 rings (SSSR count). The van der Waals surface area contributed by atoms with Crippen LogP contribution < -0.4 is 10.1 Å². The Kier molecular flexibility index (Phi) is 5.52. The molecule has 1 unspecified atom stereocenters. The number of pyridine rings is 2. The number of aryl methyl sites for hydroxylation is 1. The van der Waals surface area contributed by atoms with Gasteiger partial charge < -0.3 is 10.1 Å². The number of fused-ring (bicyclic) bond motifs is 1. The van der Waals surface area contributed by atoms with Crippen molar-refractivity contribution in [2.24, 2.45) is 0 Å². The summed E-state index contributed by atoms with van der Waals surface area (Å²) < 4.78 is 10.1. The topological polar surface area (TPSA) is 106 Å². The number of ether oxygens (including phenoxy) is 1. The van der Waals surface area contributed by atoms with E-state index in [0.717, 1.165) is 54.1 Å². The Morgan fingerprint density at radius 2 is 1.97 bits per heavy atom. The number of piperidine rings is 1. The highest BCUT2D eigenvalue weighted by molar-refractivity contribution is 5.68. The minimum Gasteiger partial charge on any atom is -0.469 e. The van der Waals surface area contributed by atoms with Crippen LogP contribution in [0, 0.1) is 25.2 Å². The quantitative estimate of drug-likeness (QED) is 0.504. The maximum atomic E-state index is 9.60. The first-order valence-electron chi connectivity index (χ1n) is 11.2. The lowest BCUT2D eigenvalue weighted by atomic mass is 10.1. The van der Waals surface area contributed by atoms with E-state index in [0.29, 0.717) is 23.3 Å². The van der Waals surface area contributed by atoms with Gasteiger partial charge in [0, 0.05) is 17.8 Å². The Hall–Kier alpha value is -3.77. The standard InChI is InChI=1S/C24H26N8O/c1-15-4-5-21(27-13-15)17(3)33-23-11-18(10-22-28-14-20(12-25)31(22)23)24-16(2)32(30-29-24)19-6-8-26-9-7-19/h4-5,10-11,13-14,17,19,26H,6-9H2,1-3H3. The monoisotopic (exact) mass is 442 g/mol. The Morgan fingerprint density at radius 3 is 2.70 bits per heavy atom. The lowest BCUT2D eigenvalue weighted by Gasteiger charge is -2.23. The highest BCUT2D eigenvalue weighted by atomic mass is 16.5. The third-order valence-corrected chi connectivity index (χ3v) is 6.19. The Morgan fingerprint density at radius 1 is 1.15 bits per heavy atom. The molecule has 0 radical (unpaired) electrons. The van der Waals surface area contributed by atoms with Gasteiger partial charge in [-0.25, -0.2) is 9.67 Å². The highest BCUT2D eigenvalue weighted by Crippen LogP contribution is 2.32. The molecule has 1 fully saturated rings. The van der Waals surface area contributed by atoms with Crippen molar-refractivity contribution in [3.8, 4) is 23.2 Å². The van der Waals surface area contributed by atoms with Crippen molar-refractivity contribution in [3.05, 3.63) is 59.3 Å². The molecule has 0 amide bonds. The van der Waals surface area contributed by atoms with Crippen LogP contribution in [0.25, 0.3) is 16.9 Å². The fraction of sp³-hybridized carbons (Fsp3) is 0.375. The van der Waals surface area contributed by atoms with E-state index in [-0.39, 0.29) is 6.10 Å². The zero-order chi connectivity index (χ0) is 22.9. The molecule has 1 N–H and O–H groups in total. The Bertz CT molecular complexity index is 1330. The SMILES string of the molecule is Cc1ccc(C(C)Oc2cc(-c3nnn(C4CCNCC4)c3C)cc3ncc(C#N)n23)nc1. The van der Waals surface area contributed by atoms with Crippen LogP contribution in [0.3, 0.4) is 0 Å². The molecule has 1 aliphatic heterocycles. The van der Waals surface area contributed by atoms with Crippen molar-refractivity contribution in [3.63, 3.8) is 0 Å². The van der Waals surface area contributed by atoms with Gasteiger partial charge in [-0.1, -0.05) is 11.3 Å². The highest BCUT2D eigenvalue weighted by Gasteiger charge is 2.22. The van der Waals surface area contributed by atoms with Gasteiger partial charge in [-0.15, -0.1) is 5.10 Å². The Balaban J connectivity index is 1.55. The molecule has 0 saturated carbocycles. The third-order valence-electron chi connectivity index (χ3n) is 6.19. The first-order valence-corrected chi connectivity index (χ1v) is 11.2. The number of hydrogen-bond acceptors (Lipinski definition) is 7. The zero-order valence-electron chi connectivity index (χ0n) is 19.0. The van der Waals surface area contributed by atoms with E-state index in [4.69, 9.17) is 4.74 Å². The van der Waals surface area contributed by atoms with Crippen LogP contribution in [0.5, 0.6) is 5.88 Å². The van der Waals surface area contributed by atoms with Gasteiger partial charge in [0.2, 0.25) is 5.88 Å². The summed E-state index contributed by atoms with van der Waals surface area (Å²) >= 11 is 0. The van der Waals surface area contributed by atoms with Crippen LogP contribution in [0.2, 0.25) is 0 Å². The lowest BCUT2D eigenvalue weighted by Crippen LogP contribution is -2.30. The van der Waals surface area contributed by atoms with E-state index >= 15 is 0 Å². The molecule has 0 aliphatic carbocycles. The lowest BCUT2D eigenvalue weighted by molar-refractivity contribution is 0.210. The number of nitrogens with zero attached hydrogens (tertiary/aromatic N) is 7. The number of nitriles is 1. The van der Waals surface area contributed by atoms with Crippen LogP contribution in [-0.4, -0.2) is 42.5 Å². The van der Waals surface area contributed by atoms with E-state index in [1.807, 2.05) is 55.9 Å². The normalized spacial score (nSPS) is 15.5. The zero-order valence-corrected chi connectivity index (χ0v) is 19.0. The second-order valence-corrected chi connectivity index (χ2v) is 8.50. The van der Waals surface area contributed by atoms with Crippen molar-refractivity contribution in [2.45, 2.75) is 45.8 Å². The van der Waals surface area contributed by atoms with Gasteiger partial charge >= 0.3 is 0 Å². The molecule has 1 atom stereocenters. The molecular formula is C24H26N8O. The second kappa shape index (κ2) is 8.64. The second-order valence-electron chi connectivity index (χ2n) is 8.50. The van der Waals surface area contributed by atoms with Crippen molar-refractivity contribution in [2.75, 3.05) is 13.1 Å². The predicted molar refractivity (Wildman–Crippen MR) is 123 cm³/mol. The van der Waals surface area contributed by atoms with Gasteiger partial charge in [-0.2, -0.15) is 5.26 Å². The first-order chi connectivity index (χ1) is 16.0. The van der Waals surface area contributed by atoms with Crippen LogP contribution >= 0.6 is 0 Å². The molecular weight excluding hydrogens is 416 g/mol. The van der Waals surface area contributed by atoms with Crippen LogP contribution in [0.4, 0.5) is 0 Å². The van der Waals surface area contributed by atoms with Gasteiger partial charge in [-0.05, 0) is 64.4 Å². The van der Waals surface area contributed by atoms with Crippen molar-refractivity contribution < 1.29 is 4.74 Å². The number of hydrogen-bond donors (Lipinski definition) is 1. The van der Waals surface area contributed by atoms with Gasteiger partial charge in [0.1, 0.15) is 29.2 Å². The number of nitrogens with one attached hydrogen (secondary N) is 1. The van der Waals surface area contributed by atoms with Gasteiger partial charge in [0.05, 0.1) is 23.6 Å². The van der Waals surface area contributed by atoms with Crippen molar-refractivity contribution in [1.29, 1.82) is 5.26 Å². The van der Waals surface area contributed by atoms with E-state index in [9.17, 15) is 5.26 Å². The fourth-order valence-electron chi connectivity index (χ4n) is 4.35. The molecule has 9 heteroatoms. The molecule has 9 nitrogen and oxygen atoms in total. The maximum absolute atomic E-state index is 9.60. The molecule has 0 spiro atoms. The summed E-state index contributed by atoms with van der Waals surface area (Å²) in [5.41, 5.74) is 5.59. The van der Waals surface area contributed by atoms with E-state index in [2.05, 4.69) is 31.7 Å². The average Bonchev–Trinajstić information content (AvgIpc) is 3.43.